The fraction of sp³-hybridized carbons (Fsp3) is 0.286. The van der Waals surface area contributed by atoms with Gasteiger partial charge in [0, 0.05) is 27.1 Å². The molecule has 5 rings (SSSR count). The summed E-state index contributed by atoms with van der Waals surface area (Å²) in [5, 5.41) is 5.77. The van der Waals surface area contributed by atoms with Gasteiger partial charge in [0.15, 0.2) is 0 Å². The van der Waals surface area contributed by atoms with Gasteiger partial charge in [0.05, 0.1) is 16.7 Å². The number of nitrogens with one attached hydrogen (secondary N) is 1. The number of fused-ring (bicyclic) bond motifs is 1. The minimum Gasteiger partial charge on any atom is -0.378 e. The standard InChI is InChI=1S/C21H19ClN2S/c1-12-20(24-21(25-12)13-6-7-13)14-8-9-18-15(10-14)11-19(23-18)16-4-2-3-5-17(16)22/h2-5,8-10,13,19,23H,6-7,11H2,1H3. The minimum atomic E-state index is 0.248. The Kier molecular flexibility index (Phi) is 3.61. The van der Waals surface area contributed by atoms with Gasteiger partial charge in [0.25, 0.3) is 0 Å². The summed E-state index contributed by atoms with van der Waals surface area (Å²) in [5.74, 6) is 0.721. The zero-order valence-corrected chi connectivity index (χ0v) is 15.6. The fourth-order valence-corrected chi connectivity index (χ4v) is 5.03. The number of aromatic nitrogens is 1. The molecule has 0 radical (unpaired) electrons. The summed E-state index contributed by atoms with van der Waals surface area (Å²) in [5.41, 5.74) is 6.13. The molecule has 2 aliphatic rings. The molecule has 2 nitrogen and oxygen atoms in total. The van der Waals surface area contributed by atoms with Crippen molar-refractivity contribution in [3.05, 3.63) is 68.5 Å². The highest BCUT2D eigenvalue weighted by Gasteiger charge is 2.28. The summed E-state index contributed by atoms with van der Waals surface area (Å²) in [6.45, 7) is 2.19. The van der Waals surface area contributed by atoms with E-state index >= 15 is 0 Å². The number of hydrogen-bond donors (Lipinski definition) is 1. The van der Waals surface area contributed by atoms with E-state index in [1.807, 2.05) is 23.5 Å². The summed E-state index contributed by atoms with van der Waals surface area (Å²) in [6.07, 6.45) is 3.58. The molecule has 0 spiro atoms. The molecule has 0 amide bonds. The van der Waals surface area contributed by atoms with Crippen molar-refractivity contribution in [1.82, 2.24) is 4.98 Å². The van der Waals surface area contributed by atoms with E-state index in [4.69, 9.17) is 16.6 Å². The van der Waals surface area contributed by atoms with Crippen LogP contribution in [0, 0.1) is 6.92 Å². The molecule has 1 unspecified atom stereocenters. The number of rotatable bonds is 3. The van der Waals surface area contributed by atoms with Crippen molar-refractivity contribution in [1.29, 1.82) is 0 Å². The van der Waals surface area contributed by atoms with Gasteiger partial charge < -0.3 is 5.32 Å². The van der Waals surface area contributed by atoms with Gasteiger partial charge in [-0.2, -0.15) is 0 Å². The molecule has 126 valence electrons. The third-order valence-corrected chi connectivity index (χ3v) is 6.63. The highest BCUT2D eigenvalue weighted by atomic mass is 35.5. The first-order chi connectivity index (χ1) is 12.2. The molecule has 4 heteroatoms. The van der Waals surface area contributed by atoms with Gasteiger partial charge in [-0.3, -0.25) is 0 Å². The lowest BCUT2D eigenvalue weighted by Gasteiger charge is -2.13. The predicted molar refractivity (Wildman–Crippen MR) is 106 cm³/mol. The molecular weight excluding hydrogens is 348 g/mol. The van der Waals surface area contributed by atoms with Crippen LogP contribution >= 0.6 is 22.9 Å². The van der Waals surface area contributed by atoms with Crippen LogP contribution in [0.3, 0.4) is 0 Å². The van der Waals surface area contributed by atoms with Gasteiger partial charge in [-0.1, -0.05) is 35.9 Å². The van der Waals surface area contributed by atoms with Crippen molar-refractivity contribution < 1.29 is 0 Å². The number of nitrogens with zero attached hydrogens (tertiary/aromatic N) is 1. The maximum Gasteiger partial charge on any atom is 0.0966 e. The lowest BCUT2D eigenvalue weighted by Crippen LogP contribution is -2.05. The molecule has 1 aliphatic heterocycles. The van der Waals surface area contributed by atoms with Gasteiger partial charge >= 0.3 is 0 Å². The lowest BCUT2D eigenvalue weighted by atomic mass is 10.0. The van der Waals surface area contributed by atoms with Gasteiger partial charge in [0.1, 0.15) is 0 Å². The Balaban J connectivity index is 1.46. The molecule has 1 saturated carbocycles. The Morgan fingerprint density at radius 2 is 2.00 bits per heavy atom. The van der Waals surface area contributed by atoms with Crippen molar-refractivity contribution in [3.8, 4) is 11.3 Å². The molecule has 1 atom stereocenters. The molecule has 3 aromatic rings. The molecule has 1 fully saturated rings. The number of thiazole rings is 1. The second kappa shape index (κ2) is 5.86. The summed E-state index contributed by atoms with van der Waals surface area (Å²) in [4.78, 5) is 6.26. The molecule has 2 heterocycles. The van der Waals surface area contributed by atoms with Crippen molar-refractivity contribution in [2.75, 3.05) is 5.32 Å². The Labute approximate surface area is 156 Å². The van der Waals surface area contributed by atoms with Crippen molar-refractivity contribution in [2.45, 2.75) is 38.1 Å². The van der Waals surface area contributed by atoms with E-state index in [1.54, 1.807) is 0 Å². The first-order valence-electron chi connectivity index (χ1n) is 8.80. The van der Waals surface area contributed by atoms with Crippen LogP contribution in [0.2, 0.25) is 5.02 Å². The molecule has 1 N–H and O–H groups in total. The Morgan fingerprint density at radius 1 is 1.16 bits per heavy atom. The number of benzene rings is 2. The lowest BCUT2D eigenvalue weighted by molar-refractivity contribution is 0.824. The second-order valence-corrected chi connectivity index (χ2v) is 8.67. The highest BCUT2D eigenvalue weighted by Crippen LogP contribution is 2.45. The van der Waals surface area contributed by atoms with Crippen LogP contribution < -0.4 is 5.32 Å². The molecular formula is C21H19ClN2S. The largest absolute Gasteiger partial charge is 0.378 e. The van der Waals surface area contributed by atoms with Gasteiger partial charge in [-0.15, -0.1) is 11.3 Å². The first-order valence-corrected chi connectivity index (χ1v) is 10.00. The van der Waals surface area contributed by atoms with Crippen LogP contribution in [0.1, 0.15) is 45.8 Å². The number of halogens is 1. The monoisotopic (exact) mass is 366 g/mol. The Bertz CT molecular complexity index is 958. The average Bonchev–Trinajstić information content (AvgIpc) is 3.26. The summed E-state index contributed by atoms with van der Waals surface area (Å²) in [6, 6.07) is 15.0. The highest BCUT2D eigenvalue weighted by molar-refractivity contribution is 7.12. The third kappa shape index (κ3) is 2.76. The van der Waals surface area contributed by atoms with Gasteiger partial charge in [0.2, 0.25) is 0 Å². The topological polar surface area (TPSA) is 24.9 Å². The minimum absolute atomic E-state index is 0.248. The summed E-state index contributed by atoms with van der Waals surface area (Å²) >= 11 is 8.25. The normalized spacial score (nSPS) is 18.9. The predicted octanol–water partition coefficient (Wildman–Crippen LogP) is 6.36. The maximum atomic E-state index is 6.38. The number of anilines is 1. The van der Waals surface area contributed by atoms with Gasteiger partial charge in [-0.25, -0.2) is 4.98 Å². The van der Waals surface area contributed by atoms with Crippen LogP contribution in [-0.4, -0.2) is 4.98 Å². The van der Waals surface area contributed by atoms with Crippen LogP contribution in [-0.2, 0) is 6.42 Å². The van der Waals surface area contributed by atoms with Crippen LogP contribution in [0.15, 0.2) is 42.5 Å². The molecule has 2 aromatic carbocycles. The van der Waals surface area contributed by atoms with Gasteiger partial charge in [-0.05, 0) is 55.5 Å². The molecule has 1 aliphatic carbocycles. The number of aryl methyl sites for hydroxylation is 1. The van der Waals surface area contributed by atoms with Crippen LogP contribution in [0.4, 0.5) is 5.69 Å². The van der Waals surface area contributed by atoms with E-state index in [0.29, 0.717) is 0 Å². The maximum absolute atomic E-state index is 6.38. The zero-order valence-electron chi connectivity index (χ0n) is 14.1. The van der Waals surface area contributed by atoms with E-state index in [0.717, 1.165) is 23.1 Å². The second-order valence-electron chi connectivity index (χ2n) is 7.03. The molecule has 25 heavy (non-hydrogen) atoms. The Hall–Kier alpha value is -1.84. The van der Waals surface area contributed by atoms with E-state index in [1.165, 1.54) is 45.1 Å². The molecule has 1 aromatic heterocycles. The summed E-state index contributed by atoms with van der Waals surface area (Å²) < 4.78 is 0. The van der Waals surface area contributed by atoms with Crippen LogP contribution in [0.5, 0.6) is 0 Å². The quantitative estimate of drug-likeness (QED) is 0.583. The Morgan fingerprint density at radius 3 is 2.80 bits per heavy atom. The fourth-order valence-electron chi connectivity index (χ4n) is 3.64. The van der Waals surface area contributed by atoms with E-state index < -0.39 is 0 Å². The number of hydrogen-bond acceptors (Lipinski definition) is 3. The molecule has 0 saturated heterocycles. The van der Waals surface area contributed by atoms with Crippen molar-refractivity contribution in [3.63, 3.8) is 0 Å². The smallest absolute Gasteiger partial charge is 0.0966 e. The SMILES string of the molecule is Cc1sc(C2CC2)nc1-c1ccc2c(c1)CC(c1ccccc1Cl)N2. The van der Waals surface area contributed by atoms with E-state index in [9.17, 15) is 0 Å². The van der Waals surface area contributed by atoms with Crippen molar-refractivity contribution in [2.24, 2.45) is 0 Å². The van der Waals surface area contributed by atoms with Crippen LogP contribution in [0.25, 0.3) is 11.3 Å². The van der Waals surface area contributed by atoms with Crippen molar-refractivity contribution >= 4 is 28.6 Å². The summed E-state index contributed by atoms with van der Waals surface area (Å²) in [7, 11) is 0. The van der Waals surface area contributed by atoms with E-state index in [2.05, 4.69) is 42.6 Å². The molecule has 0 bridgehead atoms. The van der Waals surface area contributed by atoms with E-state index in [-0.39, 0.29) is 6.04 Å². The zero-order chi connectivity index (χ0) is 17.0. The first kappa shape index (κ1) is 15.4. The average molecular weight is 367 g/mol. The third-order valence-electron chi connectivity index (χ3n) is 5.15.